The Balaban J connectivity index is 1.68. The van der Waals surface area contributed by atoms with Crippen LogP contribution in [-0.4, -0.2) is 9.97 Å². The monoisotopic (exact) mass is 305 g/mol. The number of rotatable bonds is 4. The van der Waals surface area contributed by atoms with Crippen LogP contribution >= 0.6 is 23.2 Å². The molecule has 0 fully saturated rings. The lowest BCUT2D eigenvalue weighted by Gasteiger charge is -2.07. The molecule has 0 unspecified atom stereocenters. The first-order chi connectivity index (χ1) is 9.74. The van der Waals surface area contributed by atoms with E-state index in [2.05, 4.69) is 15.3 Å². The standard InChI is InChI=1S/C15H13Cl2N3/c16-11-4-3-5-12(17)10(11)8-18-9-15-19-13-6-1-2-7-14(13)20-15/h1-7,18H,8-9H2,(H,19,20). The molecule has 3 nitrogen and oxygen atoms in total. The predicted octanol–water partition coefficient (Wildman–Crippen LogP) is 4.16. The zero-order chi connectivity index (χ0) is 13.9. The number of aromatic nitrogens is 2. The Labute approximate surface area is 126 Å². The van der Waals surface area contributed by atoms with Crippen molar-refractivity contribution in [2.45, 2.75) is 13.1 Å². The van der Waals surface area contributed by atoms with Crippen molar-refractivity contribution in [1.82, 2.24) is 15.3 Å². The molecule has 0 aliphatic rings. The van der Waals surface area contributed by atoms with Crippen molar-refractivity contribution in [2.24, 2.45) is 0 Å². The van der Waals surface area contributed by atoms with E-state index in [4.69, 9.17) is 23.2 Å². The minimum Gasteiger partial charge on any atom is -0.341 e. The maximum Gasteiger partial charge on any atom is 0.121 e. The molecule has 0 atom stereocenters. The summed E-state index contributed by atoms with van der Waals surface area (Å²) >= 11 is 12.3. The van der Waals surface area contributed by atoms with Gasteiger partial charge < -0.3 is 10.3 Å². The average molecular weight is 306 g/mol. The van der Waals surface area contributed by atoms with E-state index in [1.807, 2.05) is 42.5 Å². The van der Waals surface area contributed by atoms with Crippen molar-refractivity contribution in [3.05, 3.63) is 63.9 Å². The van der Waals surface area contributed by atoms with Gasteiger partial charge >= 0.3 is 0 Å². The average Bonchev–Trinajstić information content (AvgIpc) is 2.84. The van der Waals surface area contributed by atoms with Gasteiger partial charge in [-0.15, -0.1) is 0 Å². The van der Waals surface area contributed by atoms with Crippen LogP contribution in [0.2, 0.25) is 10.0 Å². The number of halogens is 2. The summed E-state index contributed by atoms with van der Waals surface area (Å²) in [6.45, 7) is 1.24. The summed E-state index contributed by atoms with van der Waals surface area (Å²) < 4.78 is 0. The lowest BCUT2D eigenvalue weighted by atomic mass is 10.2. The van der Waals surface area contributed by atoms with Gasteiger partial charge in [-0.1, -0.05) is 41.4 Å². The lowest BCUT2D eigenvalue weighted by Crippen LogP contribution is -2.14. The number of nitrogens with one attached hydrogen (secondary N) is 2. The first kappa shape index (κ1) is 13.4. The molecule has 2 N–H and O–H groups in total. The van der Waals surface area contributed by atoms with Crippen molar-refractivity contribution < 1.29 is 0 Å². The fourth-order valence-electron chi connectivity index (χ4n) is 2.10. The van der Waals surface area contributed by atoms with Gasteiger partial charge in [0.1, 0.15) is 5.82 Å². The summed E-state index contributed by atoms with van der Waals surface area (Å²) in [5.41, 5.74) is 2.92. The van der Waals surface area contributed by atoms with Gasteiger partial charge in [0.25, 0.3) is 0 Å². The van der Waals surface area contributed by atoms with Crippen LogP contribution in [0, 0.1) is 0 Å². The third-order valence-electron chi connectivity index (χ3n) is 3.09. The molecule has 0 spiro atoms. The van der Waals surface area contributed by atoms with E-state index in [1.54, 1.807) is 0 Å². The number of nitrogens with zero attached hydrogens (tertiary/aromatic N) is 1. The van der Waals surface area contributed by atoms with Gasteiger partial charge in [0.15, 0.2) is 0 Å². The fourth-order valence-corrected chi connectivity index (χ4v) is 2.63. The highest BCUT2D eigenvalue weighted by Crippen LogP contribution is 2.23. The second kappa shape index (κ2) is 5.83. The zero-order valence-corrected chi connectivity index (χ0v) is 12.2. The van der Waals surface area contributed by atoms with Crippen LogP contribution in [0.1, 0.15) is 11.4 Å². The SMILES string of the molecule is Clc1cccc(Cl)c1CNCc1nc2ccccc2[nH]1. The van der Waals surface area contributed by atoms with Crippen LogP contribution in [0.4, 0.5) is 0 Å². The Hall–Kier alpha value is -1.55. The van der Waals surface area contributed by atoms with E-state index >= 15 is 0 Å². The number of hydrogen-bond acceptors (Lipinski definition) is 2. The molecule has 1 aromatic heterocycles. The largest absolute Gasteiger partial charge is 0.341 e. The fraction of sp³-hybridized carbons (Fsp3) is 0.133. The van der Waals surface area contributed by atoms with Crippen molar-refractivity contribution in [2.75, 3.05) is 0 Å². The van der Waals surface area contributed by atoms with Crippen LogP contribution in [0.3, 0.4) is 0 Å². The summed E-state index contributed by atoms with van der Waals surface area (Å²) in [6, 6.07) is 13.5. The van der Waals surface area contributed by atoms with E-state index in [0.29, 0.717) is 23.1 Å². The highest BCUT2D eigenvalue weighted by atomic mass is 35.5. The van der Waals surface area contributed by atoms with E-state index in [-0.39, 0.29) is 0 Å². The normalized spacial score (nSPS) is 11.1. The molecule has 0 bridgehead atoms. The smallest absolute Gasteiger partial charge is 0.121 e. The first-order valence-corrected chi connectivity index (χ1v) is 7.07. The van der Waals surface area contributed by atoms with Gasteiger partial charge in [-0.25, -0.2) is 4.98 Å². The topological polar surface area (TPSA) is 40.7 Å². The van der Waals surface area contributed by atoms with Gasteiger partial charge in [0.2, 0.25) is 0 Å². The van der Waals surface area contributed by atoms with Crippen LogP contribution in [-0.2, 0) is 13.1 Å². The van der Waals surface area contributed by atoms with Gasteiger partial charge in [0.05, 0.1) is 17.6 Å². The molecular weight excluding hydrogens is 293 g/mol. The molecule has 0 aliphatic carbocycles. The molecule has 2 aromatic carbocycles. The molecule has 3 rings (SSSR count). The number of para-hydroxylation sites is 2. The molecule has 5 heteroatoms. The van der Waals surface area contributed by atoms with Crippen molar-refractivity contribution in [3.63, 3.8) is 0 Å². The molecule has 0 saturated heterocycles. The highest BCUT2D eigenvalue weighted by molar-refractivity contribution is 6.35. The second-order valence-electron chi connectivity index (χ2n) is 4.50. The van der Waals surface area contributed by atoms with Crippen molar-refractivity contribution in [3.8, 4) is 0 Å². The third-order valence-corrected chi connectivity index (χ3v) is 3.80. The van der Waals surface area contributed by atoms with Gasteiger partial charge in [-0.3, -0.25) is 0 Å². The van der Waals surface area contributed by atoms with Crippen LogP contribution in [0.25, 0.3) is 11.0 Å². The van der Waals surface area contributed by atoms with Crippen molar-refractivity contribution in [1.29, 1.82) is 0 Å². The summed E-state index contributed by atoms with van der Waals surface area (Å²) in [7, 11) is 0. The minimum atomic E-state index is 0.607. The number of fused-ring (bicyclic) bond motifs is 1. The number of benzene rings is 2. The molecule has 3 aromatic rings. The quantitative estimate of drug-likeness (QED) is 0.760. The Kier molecular flexibility index (Phi) is 3.92. The summed E-state index contributed by atoms with van der Waals surface area (Å²) in [5, 5.41) is 4.65. The second-order valence-corrected chi connectivity index (χ2v) is 5.32. The Morgan fingerprint density at radius 2 is 1.70 bits per heavy atom. The Morgan fingerprint density at radius 3 is 2.45 bits per heavy atom. The van der Waals surface area contributed by atoms with Crippen LogP contribution in [0.15, 0.2) is 42.5 Å². The van der Waals surface area contributed by atoms with E-state index in [0.717, 1.165) is 22.4 Å². The number of imidazole rings is 1. The zero-order valence-electron chi connectivity index (χ0n) is 10.7. The molecule has 0 amide bonds. The van der Waals surface area contributed by atoms with Gasteiger partial charge in [-0.05, 0) is 24.3 Å². The molecule has 20 heavy (non-hydrogen) atoms. The van der Waals surface area contributed by atoms with E-state index in [1.165, 1.54) is 0 Å². The molecule has 0 radical (unpaired) electrons. The molecule has 0 aliphatic heterocycles. The maximum atomic E-state index is 6.13. The van der Waals surface area contributed by atoms with E-state index in [9.17, 15) is 0 Å². The summed E-state index contributed by atoms with van der Waals surface area (Å²) in [4.78, 5) is 7.78. The predicted molar refractivity (Wildman–Crippen MR) is 83.1 cm³/mol. The first-order valence-electron chi connectivity index (χ1n) is 6.31. The maximum absolute atomic E-state index is 6.13. The molecular formula is C15H13Cl2N3. The van der Waals surface area contributed by atoms with Gasteiger partial charge in [0, 0.05) is 22.2 Å². The molecule has 1 heterocycles. The molecule has 102 valence electrons. The molecule has 0 saturated carbocycles. The number of H-pyrrole nitrogens is 1. The van der Waals surface area contributed by atoms with E-state index < -0.39 is 0 Å². The Morgan fingerprint density at radius 1 is 0.950 bits per heavy atom. The summed E-state index contributed by atoms with van der Waals surface area (Å²) in [6.07, 6.45) is 0. The number of aromatic amines is 1. The number of hydrogen-bond donors (Lipinski definition) is 2. The summed E-state index contributed by atoms with van der Waals surface area (Å²) in [5.74, 6) is 0.898. The van der Waals surface area contributed by atoms with Gasteiger partial charge in [-0.2, -0.15) is 0 Å². The third kappa shape index (κ3) is 2.80. The van der Waals surface area contributed by atoms with Crippen LogP contribution < -0.4 is 5.32 Å². The lowest BCUT2D eigenvalue weighted by molar-refractivity contribution is 0.670. The van der Waals surface area contributed by atoms with Crippen LogP contribution in [0.5, 0.6) is 0 Å². The highest BCUT2D eigenvalue weighted by Gasteiger charge is 2.06. The minimum absolute atomic E-state index is 0.607. The van der Waals surface area contributed by atoms with Crippen molar-refractivity contribution >= 4 is 34.2 Å². The Bertz CT molecular complexity index is 684.